The van der Waals surface area contributed by atoms with Crippen LogP contribution in [0.15, 0.2) is 36.9 Å². The van der Waals surface area contributed by atoms with E-state index in [2.05, 4.69) is 6.58 Å². The van der Waals surface area contributed by atoms with E-state index < -0.39 is 0 Å². The van der Waals surface area contributed by atoms with Crippen LogP contribution in [0.1, 0.15) is 88.1 Å². The lowest BCUT2D eigenvalue weighted by Gasteiger charge is -2.19. The van der Waals surface area contributed by atoms with Gasteiger partial charge in [0, 0.05) is 12.8 Å². The maximum Gasteiger partial charge on any atom is 0.338 e. The van der Waals surface area contributed by atoms with Crippen molar-refractivity contribution in [3.8, 4) is 0 Å². The van der Waals surface area contributed by atoms with Crippen molar-refractivity contribution in [3.63, 3.8) is 0 Å². The number of rotatable bonds is 16. The molecule has 172 valence electrons. The quantitative estimate of drug-likeness (QED) is 0.187. The van der Waals surface area contributed by atoms with E-state index in [1.807, 2.05) is 18.2 Å². The molecule has 2 atom stereocenters. The summed E-state index contributed by atoms with van der Waals surface area (Å²) in [7, 11) is 0. The fourth-order valence-electron chi connectivity index (χ4n) is 3.70. The zero-order valence-corrected chi connectivity index (χ0v) is 19.4. The number of aryl methyl sites for hydroxylation is 1. The Morgan fingerprint density at radius 1 is 0.968 bits per heavy atom. The van der Waals surface area contributed by atoms with Crippen LogP contribution in [0.4, 0.5) is 0 Å². The number of carbonyl (C=O) groups excluding carboxylic acids is 3. The summed E-state index contributed by atoms with van der Waals surface area (Å²) in [6.07, 6.45) is 9.57. The second kappa shape index (κ2) is 15.4. The molecule has 0 aliphatic rings. The van der Waals surface area contributed by atoms with Crippen LogP contribution in [0.25, 0.3) is 0 Å². The molecule has 5 heteroatoms. The molecule has 0 radical (unpaired) electrons. The Labute approximate surface area is 187 Å². The number of hydrogen-bond donors (Lipinski definition) is 0. The molecule has 31 heavy (non-hydrogen) atoms. The molecule has 1 rings (SSSR count). The third-order valence-corrected chi connectivity index (χ3v) is 5.40. The summed E-state index contributed by atoms with van der Waals surface area (Å²) in [5, 5.41) is 0. The number of allylic oxidation sites excluding steroid dienone is 1. The Bertz CT molecular complexity index is 692. The minimum absolute atomic E-state index is 0.0324. The van der Waals surface area contributed by atoms with E-state index >= 15 is 0 Å². The highest BCUT2D eigenvalue weighted by molar-refractivity contribution is 5.89. The van der Waals surface area contributed by atoms with Gasteiger partial charge < -0.3 is 9.47 Å². The van der Waals surface area contributed by atoms with Crippen molar-refractivity contribution < 1.29 is 23.9 Å². The molecule has 1 aromatic rings. The molecule has 0 bridgehead atoms. The van der Waals surface area contributed by atoms with Gasteiger partial charge in [-0.25, -0.2) is 4.79 Å². The fraction of sp³-hybridized carbons (Fsp3) is 0.577. The standard InChI is InChI=1S/C26H38O5/c1-5-7-8-14-25(31-21(4)28)15-10-13-23(20(3)27)12-9-11-22-16-18-24(19-17-22)26(29)30-6-2/h5,16-19,23,25H,1,6-15H2,2-4H3. The van der Waals surface area contributed by atoms with Crippen LogP contribution in [0.5, 0.6) is 0 Å². The molecule has 0 N–H and O–H groups in total. The first-order valence-electron chi connectivity index (χ1n) is 11.4. The van der Waals surface area contributed by atoms with Crippen LogP contribution >= 0.6 is 0 Å². The fourth-order valence-corrected chi connectivity index (χ4v) is 3.70. The topological polar surface area (TPSA) is 69.7 Å². The van der Waals surface area contributed by atoms with E-state index in [0.717, 1.165) is 63.4 Å². The Balaban J connectivity index is 2.44. The van der Waals surface area contributed by atoms with Crippen molar-refractivity contribution in [3.05, 3.63) is 48.0 Å². The highest BCUT2D eigenvalue weighted by Crippen LogP contribution is 2.21. The average molecular weight is 431 g/mol. The molecule has 0 aliphatic heterocycles. The first-order chi connectivity index (χ1) is 14.9. The second-order valence-corrected chi connectivity index (χ2v) is 8.00. The summed E-state index contributed by atoms with van der Waals surface area (Å²) in [5.41, 5.74) is 1.70. The smallest absolute Gasteiger partial charge is 0.338 e. The zero-order valence-electron chi connectivity index (χ0n) is 19.4. The number of carbonyl (C=O) groups is 3. The largest absolute Gasteiger partial charge is 0.463 e. The van der Waals surface area contributed by atoms with E-state index in [-0.39, 0.29) is 29.7 Å². The summed E-state index contributed by atoms with van der Waals surface area (Å²) in [6.45, 7) is 8.98. The molecular weight excluding hydrogens is 392 g/mol. The number of ether oxygens (including phenoxy) is 2. The molecule has 0 heterocycles. The van der Waals surface area contributed by atoms with E-state index in [4.69, 9.17) is 9.47 Å². The summed E-state index contributed by atoms with van der Waals surface area (Å²) in [6, 6.07) is 7.47. The molecule has 2 unspecified atom stereocenters. The molecule has 0 saturated heterocycles. The lowest BCUT2D eigenvalue weighted by molar-refractivity contribution is -0.147. The van der Waals surface area contributed by atoms with Crippen LogP contribution in [-0.2, 0) is 25.5 Å². The maximum absolute atomic E-state index is 12.1. The van der Waals surface area contributed by atoms with Gasteiger partial charge in [-0.2, -0.15) is 0 Å². The molecular formula is C26H38O5. The predicted octanol–water partition coefficient (Wildman–Crippen LogP) is 5.85. The Morgan fingerprint density at radius 3 is 2.19 bits per heavy atom. The lowest BCUT2D eigenvalue weighted by Crippen LogP contribution is -2.18. The van der Waals surface area contributed by atoms with Crippen LogP contribution < -0.4 is 0 Å². The minimum atomic E-state index is -0.303. The summed E-state index contributed by atoms with van der Waals surface area (Å²) >= 11 is 0. The summed E-state index contributed by atoms with van der Waals surface area (Å²) in [5.74, 6) is -0.304. The third-order valence-electron chi connectivity index (χ3n) is 5.40. The van der Waals surface area contributed by atoms with Gasteiger partial charge >= 0.3 is 11.9 Å². The highest BCUT2D eigenvalue weighted by atomic mass is 16.5. The Hall–Kier alpha value is -2.43. The van der Waals surface area contributed by atoms with Gasteiger partial charge in [-0.3, -0.25) is 9.59 Å². The molecule has 0 amide bonds. The number of Topliss-reactive ketones (excluding diaryl/α,β-unsaturated/α-hetero) is 1. The highest BCUT2D eigenvalue weighted by Gasteiger charge is 2.17. The minimum Gasteiger partial charge on any atom is -0.463 e. The van der Waals surface area contributed by atoms with E-state index in [1.54, 1.807) is 26.0 Å². The van der Waals surface area contributed by atoms with Crippen molar-refractivity contribution >= 4 is 17.7 Å². The first-order valence-corrected chi connectivity index (χ1v) is 11.4. The van der Waals surface area contributed by atoms with E-state index in [1.165, 1.54) is 6.92 Å². The number of benzene rings is 1. The van der Waals surface area contributed by atoms with Crippen LogP contribution in [0, 0.1) is 5.92 Å². The van der Waals surface area contributed by atoms with Gasteiger partial charge in [0.15, 0.2) is 0 Å². The number of esters is 2. The number of hydrogen-bond acceptors (Lipinski definition) is 5. The molecule has 0 fully saturated rings. The third kappa shape index (κ3) is 11.5. The molecule has 0 saturated carbocycles. The Morgan fingerprint density at radius 2 is 1.61 bits per heavy atom. The van der Waals surface area contributed by atoms with E-state index in [9.17, 15) is 14.4 Å². The number of ketones is 1. The van der Waals surface area contributed by atoms with Gasteiger partial charge in [0.25, 0.3) is 0 Å². The van der Waals surface area contributed by atoms with Crippen molar-refractivity contribution in [2.45, 2.75) is 84.7 Å². The first kappa shape index (κ1) is 26.6. The van der Waals surface area contributed by atoms with Gasteiger partial charge in [-0.15, -0.1) is 6.58 Å². The zero-order chi connectivity index (χ0) is 23.1. The van der Waals surface area contributed by atoms with E-state index in [0.29, 0.717) is 12.2 Å². The molecule has 5 nitrogen and oxygen atoms in total. The van der Waals surface area contributed by atoms with Gasteiger partial charge in [0.1, 0.15) is 11.9 Å². The van der Waals surface area contributed by atoms with Gasteiger partial charge in [-0.1, -0.05) is 18.2 Å². The molecule has 0 aromatic heterocycles. The van der Waals surface area contributed by atoms with Crippen LogP contribution in [0.2, 0.25) is 0 Å². The van der Waals surface area contributed by atoms with Crippen molar-refractivity contribution in [2.75, 3.05) is 6.61 Å². The normalized spacial score (nSPS) is 12.6. The maximum atomic E-state index is 12.1. The van der Waals surface area contributed by atoms with Crippen LogP contribution in [0.3, 0.4) is 0 Å². The Kier molecular flexibility index (Phi) is 13.2. The lowest BCUT2D eigenvalue weighted by atomic mass is 9.90. The van der Waals surface area contributed by atoms with Crippen molar-refractivity contribution in [1.29, 1.82) is 0 Å². The molecule has 0 aliphatic carbocycles. The van der Waals surface area contributed by atoms with Crippen molar-refractivity contribution in [1.82, 2.24) is 0 Å². The second-order valence-electron chi connectivity index (χ2n) is 8.00. The number of unbranched alkanes of at least 4 members (excludes halogenated alkanes) is 1. The SMILES string of the molecule is C=CCCCC(CCCC(CCCc1ccc(C(=O)OCC)cc1)C(C)=O)OC(C)=O. The van der Waals surface area contributed by atoms with Crippen LogP contribution in [-0.4, -0.2) is 30.4 Å². The van der Waals surface area contributed by atoms with Gasteiger partial charge in [-0.05, 0) is 89.3 Å². The molecule has 0 spiro atoms. The van der Waals surface area contributed by atoms with Crippen molar-refractivity contribution in [2.24, 2.45) is 5.92 Å². The average Bonchev–Trinajstić information content (AvgIpc) is 2.72. The monoisotopic (exact) mass is 430 g/mol. The van der Waals surface area contributed by atoms with Gasteiger partial charge in [0.05, 0.1) is 12.2 Å². The summed E-state index contributed by atoms with van der Waals surface area (Å²) < 4.78 is 10.4. The van der Waals surface area contributed by atoms with Gasteiger partial charge in [0.2, 0.25) is 0 Å². The predicted molar refractivity (Wildman–Crippen MR) is 123 cm³/mol. The summed E-state index contributed by atoms with van der Waals surface area (Å²) in [4.78, 5) is 35.1. The molecule has 1 aromatic carbocycles.